The van der Waals surface area contributed by atoms with Gasteiger partial charge in [-0.3, -0.25) is 13.9 Å². The number of alkyl halides is 1. The van der Waals surface area contributed by atoms with Gasteiger partial charge < -0.3 is 29.7 Å². The minimum atomic E-state index is -4.32. The van der Waals surface area contributed by atoms with Crippen LogP contribution in [-0.4, -0.2) is 81.3 Å². The van der Waals surface area contributed by atoms with E-state index in [2.05, 4.69) is 24.8 Å². The Hall–Kier alpha value is -3.80. The van der Waals surface area contributed by atoms with Gasteiger partial charge in [-0.15, -0.1) is 6.42 Å². The van der Waals surface area contributed by atoms with Crippen LogP contribution in [0.15, 0.2) is 36.7 Å². The van der Waals surface area contributed by atoms with Crippen LogP contribution in [0.2, 0.25) is 0 Å². The normalized spacial score (nSPS) is 25.9. The van der Waals surface area contributed by atoms with E-state index in [1.54, 1.807) is 18.2 Å². The Balaban J connectivity index is 1.41. The molecule has 2 aliphatic rings. The molecule has 224 valence electrons. The monoisotopic (exact) mass is 603 g/mol. The average molecular weight is 604 g/mol. The van der Waals surface area contributed by atoms with Crippen molar-refractivity contribution in [3.63, 3.8) is 0 Å². The summed E-state index contributed by atoms with van der Waals surface area (Å²) in [6.07, 6.45) is 3.85. The number of esters is 1. The van der Waals surface area contributed by atoms with Crippen molar-refractivity contribution in [3.05, 3.63) is 36.7 Å². The van der Waals surface area contributed by atoms with E-state index in [-0.39, 0.29) is 23.4 Å². The summed E-state index contributed by atoms with van der Waals surface area (Å²) >= 11 is 0. The van der Waals surface area contributed by atoms with Gasteiger partial charge in [0, 0.05) is 13.1 Å². The molecule has 42 heavy (non-hydrogen) atoms. The number of carbonyl (C=O) groups excluding carboxylic acids is 1. The molecule has 6 atom stereocenters. The van der Waals surface area contributed by atoms with Crippen LogP contribution in [0.25, 0.3) is 11.2 Å². The van der Waals surface area contributed by atoms with E-state index < -0.39 is 50.5 Å². The van der Waals surface area contributed by atoms with Crippen molar-refractivity contribution in [2.75, 3.05) is 31.4 Å². The number of halogens is 1. The van der Waals surface area contributed by atoms with Crippen molar-refractivity contribution >= 4 is 36.6 Å². The van der Waals surface area contributed by atoms with E-state index in [0.29, 0.717) is 11.3 Å². The number of nitrogen functional groups attached to an aromatic ring is 1. The van der Waals surface area contributed by atoms with Crippen LogP contribution in [0, 0.1) is 12.3 Å². The van der Waals surface area contributed by atoms with E-state index in [0.717, 1.165) is 12.8 Å². The summed E-state index contributed by atoms with van der Waals surface area (Å²) in [5.41, 5.74) is 3.69. The largest absolute Gasteiger partial charge is 0.468 e. The lowest BCUT2D eigenvalue weighted by molar-refractivity contribution is -0.142. The number of nitrogens with one attached hydrogen (secondary N) is 1. The molecule has 1 aliphatic carbocycles. The fraction of sp³-hybridized carbons (Fsp3) is 0.462. The van der Waals surface area contributed by atoms with E-state index in [1.807, 2.05) is 17.9 Å². The van der Waals surface area contributed by atoms with Crippen molar-refractivity contribution in [1.29, 1.82) is 0 Å². The molecule has 1 aromatic carbocycles. The van der Waals surface area contributed by atoms with Gasteiger partial charge in [-0.1, -0.05) is 24.1 Å². The smallest absolute Gasteiger partial charge is 0.459 e. The van der Waals surface area contributed by atoms with Crippen molar-refractivity contribution < 1.29 is 37.4 Å². The van der Waals surface area contributed by atoms with Crippen LogP contribution in [0.5, 0.6) is 5.75 Å². The predicted octanol–water partition coefficient (Wildman–Crippen LogP) is 1.96. The lowest BCUT2D eigenvalue weighted by Gasteiger charge is -2.24. The first-order chi connectivity index (χ1) is 20.0. The first kappa shape index (κ1) is 29.7. The standard InChI is InChI=1S/C26H31FN7O7P/c1-5-26(27)20(35)18(13-39-42(37,32-15(2)23(36)38-4)41-17-9-7-6-8-10-17)40-24(26)34-14-29-19-21(33(3)16-11-12-16)30-25(28)31-22(19)34/h1,6-10,14-16,18,20,24,35H,11-13H2,2-4H3,(H,32,37)(H2,28,30,31)/t15-,18-,20-,24-,26-,42+/m1/s1. The topological polar surface area (TPSA) is 176 Å². The summed E-state index contributed by atoms with van der Waals surface area (Å²) in [6, 6.07) is 7.21. The third-order valence-electron chi connectivity index (χ3n) is 7.05. The minimum absolute atomic E-state index is 0.0693. The molecule has 16 heteroatoms. The zero-order valence-electron chi connectivity index (χ0n) is 23.1. The number of fused-ring (bicyclic) bond motifs is 1. The summed E-state index contributed by atoms with van der Waals surface area (Å²) < 4.78 is 52.9. The molecule has 2 aromatic heterocycles. The number of hydrogen-bond donors (Lipinski definition) is 3. The predicted molar refractivity (Wildman–Crippen MR) is 149 cm³/mol. The number of aliphatic hydroxyl groups is 1. The number of carbonyl (C=O) groups is 1. The van der Waals surface area contributed by atoms with Gasteiger partial charge in [-0.05, 0) is 31.9 Å². The lowest BCUT2D eigenvalue weighted by Crippen LogP contribution is -2.42. The van der Waals surface area contributed by atoms with Gasteiger partial charge in [-0.2, -0.15) is 15.1 Å². The van der Waals surface area contributed by atoms with Gasteiger partial charge in [0.15, 0.2) is 23.2 Å². The average Bonchev–Trinajstić information content (AvgIpc) is 3.70. The van der Waals surface area contributed by atoms with Gasteiger partial charge in [0.1, 0.15) is 24.0 Å². The van der Waals surface area contributed by atoms with Crippen molar-refractivity contribution in [3.8, 4) is 18.1 Å². The highest BCUT2D eigenvalue weighted by Crippen LogP contribution is 2.48. The SMILES string of the molecule is C#C[C@@]1(F)[C@H](O)[C@@H](CO[P@@](=O)(N[C@H](C)C(=O)OC)Oc2ccccc2)O[C@H]1n1cnc2c(N(C)C3CC3)nc(N)nc21. The lowest BCUT2D eigenvalue weighted by atomic mass is 9.97. The molecule has 2 fully saturated rings. The van der Waals surface area contributed by atoms with Gasteiger partial charge in [0.25, 0.3) is 0 Å². The Morgan fingerprint density at radius 3 is 2.76 bits per heavy atom. The number of aromatic nitrogens is 4. The molecule has 1 aliphatic heterocycles. The number of benzene rings is 1. The molecule has 4 N–H and O–H groups in total. The van der Waals surface area contributed by atoms with Crippen molar-refractivity contribution in [1.82, 2.24) is 24.6 Å². The molecule has 1 saturated carbocycles. The molecule has 1 saturated heterocycles. The van der Waals surface area contributed by atoms with Gasteiger partial charge in [-0.25, -0.2) is 13.9 Å². The Labute approximate surface area is 240 Å². The Morgan fingerprint density at radius 2 is 2.12 bits per heavy atom. The number of hydrogen-bond acceptors (Lipinski definition) is 12. The second-order valence-corrected chi connectivity index (χ2v) is 11.7. The van der Waals surface area contributed by atoms with Gasteiger partial charge in [0.05, 0.1) is 20.0 Å². The number of terminal acetylenes is 1. The Bertz CT molecular complexity index is 1550. The van der Waals surface area contributed by atoms with Gasteiger partial charge >= 0.3 is 13.7 Å². The summed E-state index contributed by atoms with van der Waals surface area (Å²) in [6.45, 7) is 0.750. The number of anilines is 2. The fourth-order valence-electron chi connectivity index (χ4n) is 4.63. The summed E-state index contributed by atoms with van der Waals surface area (Å²) in [7, 11) is -1.30. The highest BCUT2D eigenvalue weighted by Gasteiger charge is 2.58. The maximum Gasteiger partial charge on any atom is 0.459 e. The van der Waals surface area contributed by atoms with Crippen LogP contribution in [0.1, 0.15) is 26.0 Å². The van der Waals surface area contributed by atoms with Gasteiger partial charge in [0.2, 0.25) is 11.6 Å². The number of ether oxygens (including phenoxy) is 2. The quantitative estimate of drug-likeness (QED) is 0.165. The second kappa shape index (κ2) is 11.5. The van der Waals surface area contributed by atoms with Crippen molar-refractivity contribution in [2.24, 2.45) is 0 Å². The number of para-hydroxylation sites is 1. The highest BCUT2D eigenvalue weighted by molar-refractivity contribution is 7.52. The van der Waals surface area contributed by atoms with Crippen LogP contribution in [0.4, 0.5) is 16.2 Å². The first-order valence-corrected chi connectivity index (χ1v) is 14.6. The number of nitrogens with zero attached hydrogens (tertiary/aromatic N) is 5. The van der Waals surface area contributed by atoms with Crippen molar-refractivity contribution in [2.45, 2.75) is 56.0 Å². The molecular weight excluding hydrogens is 572 g/mol. The fourth-order valence-corrected chi connectivity index (χ4v) is 6.13. The number of nitrogens with two attached hydrogens (primary N) is 1. The molecule has 0 amide bonds. The first-order valence-electron chi connectivity index (χ1n) is 13.1. The number of aliphatic hydroxyl groups excluding tert-OH is 1. The van der Waals surface area contributed by atoms with Crippen LogP contribution in [-0.2, 0) is 23.4 Å². The maximum atomic E-state index is 16.3. The highest BCUT2D eigenvalue weighted by atomic mass is 31.2. The molecule has 3 heterocycles. The third kappa shape index (κ3) is 5.64. The second-order valence-electron chi connectivity index (χ2n) is 10.0. The van der Waals surface area contributed by atoms with E-state index in [1.165, 1.54) is 37.1 Å². The summed E-state index contributed by atoms with van der Waals surface area (Å²) in [5, 5.41) is 13.5. The zero-order valence-corrected chi connectivity index (χ0v) is 24.0. The van der Waals surface area contributed by atoms with E-state index in [9.17, 15) is 14.5 Å². The minimum Gasteiger partial charge on any atom is -0.468 e. The van der Waals surface area contributed by atoms with E-state index in [4.69, 9.17) is 25.9 Å². The molecule has 5 rings (SSSR count). The zero-order chi connectivity index (χ0) is 30.2. The molecule has 0 radical (unpaired) electrons. The van der Waals surface area contributed by atoms with Crippen LogP contribution < -0.4 is 20.2 Å². The number of imidazole rings is 1. The maximum absolute atomic E-state index is 16.3. The molecule has 0 unspecified atom stereocenters. The molecule has 14 nitrogen and oxygen atoms in total. The van der Waals surface area contributed by atoms with E-state index >= 15 is 4.39 Å². The van der Waals surface area contributed by atoms with Crippen LogP contribution in [0.3, 0.4) is 0 Å². The number of methoxy groups -OCH3 is 1. The number of rotatable bonds is 11. The van der Waals surface area contributed by atoms with Crippen LogP contribution >= 0.6 is 7.75 Å². The third-order valence-corrected chi connectivity index (χ3v) is 8.70. The summed E-state index contributed by atoms with van der Waals surface area (Å²) in [5.74, 6) is 1.81. The molecule has 3 aromatic rings. The molecule has 0 bridgehead atoms. The molecular formula is C26H31FN7O7P. The molecule has 0 spiro atoms. The Morgan fingerprint density at radius 1 is 1.40 bits per heavy atom. The Kier molecular flexibility index (Phi) is 8.10. The summed E-state index contributed by atoms with van der Waals surface area (Å²) in [4.78, 5) is 26.8.